The Morgan fingerprint density at radius 1 is 1.33 bits per heavy atom. The largest absolute Gasteiger partial charge is 0.294 e. The quantitative estimate of drug-likeness (QED) is 0.780. The maximum absolute atomic E-state index is 13.5. The summed E-state index contributed by atoms with van der Waals surface area (Å²) in [5, 5.41) is 0. The average molecular weight is 244 g/mol. The normalized spacial score (nSPS) is 10.4. The number of carbonyl (C=O) groups excluding carboxylic acids is 1. The summed E-state index contributed by atoms with van der Waals surface area (Å²) in [5.41, 5.74) is 1.68. The second kappa shape index (κ2) is 5.04. The number of halogens is 1. The molecule has 18 heavy (non-hydrogen) atoms. The van der Waals surface area contributed by atoms with E-state index in [4.69, 9.17) is 0 Å². The molecular weight excluding hydrogens is 231 g/mol. The van der Waals surface area contributed by atoms with Crippen LogP contribution in [-0.4, -0.2) is 15.8 Å². The van der Waals surface area contributed by atoms with E-state index in [0.717, 1.165) is 0 Å². The van der Waals surface area contributed by atoms with Gasteiger partial charge in [-0.3, -0.25) is 4.79 Å². The number of aromatic nitrogens is 2. The van der Waals surface area contributed by atoms with Gasteiger partial charge in [-0.05, 0) is 25.5 Å². The van der Waals surface area contributed by atoms with Gasteiger partial charge < -0.3 is 0 Å². The average Bonchev–Trinajstić information content (AvgIpc) is 2.32. The van der Waals surface area contributed by atoms with Crippen LogP contribution < -0.4 is 0 Å². The molecule has 1 aromatic carbocycles. The highest BCUT2D eigenvalue weighted by atomic mass is 19.1. The molecule has 0 saturated heterocycles. The Labute approximate surface area is 105 Å². The van der Waals surface area contributed by atoms with E-state index >= 15 is 0 Å². The molecule has 0 atom stereocenters. The van der Waals surface area contributed by atoms with Crippen molar-refractivity contribution in [1.82, 2.24) is 9.97 Å². The third-order valence-electron chi connectivity index (χ3n) is 2.71. The maximum Gasteiger partial charge on any atom is 0.163 e. The van der Waals surface area contributed by atoms with Crippen LogP contribution in [0, 0.1) is 12.7 Å². The monoisotopic (exact) mass is 244 g/mol. The van der Waals surface area contributed by atoms with Crippen molar-refractivity contribution < 1.29 is 9.18 Å². The molecule has 1 heterocycles. The van der Waals surface area contributed by atoms with Gasteiger partial charge >= 0.3 is 0 Å². The van der Waals surface area contributed by atoms with Crippen LogP contribution in [0.4, 0.5) is 4.39 Å². The molecule has 2 rings (SSSR count). The fraction of sp³-hybridized carbons (Fsp3) is 0.214. The van der Waals surface area contributed by atoms with Crippen LogP contribution in [0.15, 0.2) is 30.5 Å². The zero-order chi connectivity index (χ0) is 13.1. The van der Waals surface area contributed by atoms with Gasteiger partial charge in [0.15, 0.2) is 5.78 Å². The van der Waals surface area contributed by atoms with Crippen LogP contribution >= 0.6 is 0 Å². The number of benzene rings is 1. The molecule has 0 radical (unpaired) electrons. The third kappa shape index (κ3) is 2.59. The Balaban J connectivity index is 2.29. The van der Waals surface area contributed by atoms with Crippen molar-refractivity contribution in [2.45, 2.75) is 20.3 Å². The minimum absolute atomic E-state index is 0.0649. The first-order valence-corrected chi connectivity index (χ1v) is 5.65. The Hall–Kier alpha value is -2.10. The van der Waals surface area contributed by atoms with E-state index in [1.807, 2.05) is 0 Å². The summed E-state index contributed by atoms with van der Waals surface area (Å²) < 4.78 is 13.5. The number of Topliss-reactive ketones (excluding diaryl/α,β-unsaturated/α-hetero) is 1. The second-order valence-electron chi connectivity index (χ2n) is 4.11. The molecule has 0 aliphatic heterocycles. The Kier molecular flexibility index (Phi) is 3.46. The van der Waals surface area contributed by atoms with E-state index < -0.39 is 0 Å². The highest BCUT2D eigenvalue weighted by molar-refractivity contribution is 5.94. The van der Waals surface area contributed by atoms with Crippen molar-refractivity contribution in [3.8, 4) is 0 Å². The standard InChI is InChI=1S/C14H13FN2O/c1-9-12(10(2)18)8-16-14(17-9)7-11-5-3-4-6-13(11)15/h3-6,8H,7H2,1-2H3. The molecule has 2 aromatic rings. The van der Waals surface area contributed by atoms with E-state index in [9.17, 15) is 9.18 Å². The van der Waals surface area contributed by atoms with Crippen molar-refractivity contribution in [2.24, 2.45) is 0 Å². The lowest BCUT2D eigenvalue weighted by Gasteiger charge is -2.05. The number of carbonyl (C=O) groups is 1. The van der Waals surface area contributed by atoms with E-state index in [0.29, 0.717) is 29.1 Å². The molecule has 0 fully saturated rings. The second-order valence-corrected chi connectivity index (χ2v) is 4.11. The zero-order valence-electron chi connectivity index (χ0n) is 10.3. The van der Waals surface area contributed by atoms with Crippen LogP contribution in [0.1, 0.15) is 34.4 Å². The summed E-state index contributed by atoms with van der Waals surface area (Å²) in [7, 11) is 0. The number of hydrogen-bond acceptors (Lipinski definition) is 3. The molecule has 0 aliphatic carbocycles. The number of nitrogens with zero attached hydrogens (tertiary/aromatic N) is 2. The van der Waals surface area contributed by atoms with Crippen LogP contribution in [0.2, 0.25) is 0 Å². The first kappa shape index (κ1) is 12.4. The maximum atomic E-state index is 13.5. The summed E-state index contributed by atoms with van der Waals surface area (Å²) in [6.45, 7) is 3.23. The molecule has 0 N–H and O–H groups in total. The SMILES string of the molecule is CC(=O)c1cnc(Cc2ccccc2F)nc1C. The van der Waals surface area contributed by atoms with Crippen molar-refractivity contribution >= 4 is 5.78 Å². The van der Waals surface area contributed by atoms with Gasteiger partial charge in [-0.1, -0.05) is 18.2 Å². The summed E-state index contributed by atoms with van der Waals surface area (Å²) in [4.78, 5) is 19.6. The molecule has 0 aliphatic rings. The molecule has 1 aromatic heterocycles. The topological polar surface area (TPSA) is 42.9 Å². The van der Waals surface area contributed by atoms with Gasteiger partial charge in [-0.2, -0.15) is 0 Å². The van der Waals surface area contributed by atoms with Crippen molar-refractivity contribution in [3.63, 3.8) is 0 Å². The predicted molar refractivity (Wildman–Crippen MR) is 66.0 cm³/mol. The van der Waals surface area contributed by atoms with E-state index in [1.54, 1.807) is 25.1 Å². The first-order valence-electron chi connectivity index (χ1n) is 5.65. The van der Waals surface area contributed by atoms with E-state index in [1.165, 1.54) is 19.2 Å². The van der Waals surface area contributed by atoms with Gasteiger partial charge in [-0.25, -0.2) is 14.4 Å². The van der Waals surface area contributed by atoms with Crippen LogP contribution in [0.3, 0.4) is 0 Å². The Morgan fingerprint density at radius 3 is 2.67 bits per heavy atom. The number of aryl methyl sites for hydroxylation is 1. The summed E-state index contributed by atoms with van der Waals surface area (Å²) in [6, 6.07) is 6.53. The van der Waals surface area contributed by atoms with Gasteiger partial charge in [-0.15, -0.1) is 0 Å². The highest BCUT2D eigenvalue weighted by Gasteiger charge is 2.09. The summed E-state index contributed by atoms with van der Waals surface area (Å²) >= 11 is 0. The van der Waals surface area contributed by atoms with Gasteiger partial charge in [0.2, 0.25) is 0 Å². The van der Waals surface area contributed by atoms with Gasteiger partial charge in [0.25, 0.3) is 0 Å². The molecule has 0 unspecified atom stereocenters. The number of hydrogen-bond donors (Lipinski definition) is 0. The molecule has 0 spiro atoms. The van der Waals surface area contributed by atoms with Crippen LogP contribution in [0.25, 0.3) is 0 Å². The molecule has 0 saturated carbocycles. The molecule has 3 nitrogen and oxygen atoms in total. The third-order valence-corrected chi connectivity index (χ3v) is 2.71. The summed E-state index contributed by atoms with van der Waals surface area (Å²) in [6.07, 6.45) is 1.83. The van der Waals surface area contributed by atoms with Crippen molar-refractivity contribution in [3.05, 3.63) is 58.9 Å². The van der Waals surface area contributed by atoms with Crippen molar-refractivity contribution in [1.29, 1.82) is 0 Å². The highest BCUT2D eigenvalue weighted by Crippen LogP contribution is 2.12. The van der Waals surface area contributed by atoms with Gasteiger partial charge in [0.1, 0.15) is 11.6 Å². The fourth-order valence-corrected chi connectivity index (χ4v) is 1.76. The molecule has 0 amide bonds. The number of rotatable bonds is 3. The minimum atomic E-state index is -0.269. The van der Waals surface area contributed by atoms with Crippen molar-refractivity contribution in [2.75, 3.05) is 0 Å². The fourth-order valence-electron chi connectivity index (χ4n) is 1.76. The lowest BCUT2D eigenvalue weighted by Crippen LogP contribution is -2.05. The lowest BCUT2D eigenvalue weighted by molar-refractivity contribution is 0.101. The Bertz CT molecular complexity index is 596. The van der Waals surface area contributed by atoms with E-state index in [-0.39, 0.29) is 11.6 Å². The molecule has 92 valence electrons. The van der Waals surface area contributed by atoms with Gasteiger partial charge in [0, 0.05) is 12.6 Å². The van der Waals surface area contributed by atoms with Crippen LogP contribution in [-0.2, 0) is 6.42 Å². The summed E-state index contributed by atoms with van der Waals surface area (Å²) in [5.74, 6) is 0.182. The van der Waals surface area contributed by atoms with Gasteiger partial charge in [0.05, 0.1) is 11.3 Å². The minimum Gasteiger partial charge on any atom is -0.294 e. The smallest absolute Gasteiger partial charge is 0.163 e. The zero-order valence-corrected chi connectivity index (χ0v) is 10.3. The first-order chi connectivity index (χ1) is 8.58. The molecule has 4 heteroatoms. The van der Waals surface area contributed by atoms with E-state index in [2.05, 4.69) is 9.97 Å². The molecule has 0 bridgehead atoms. The lowest BCUT2D eigenvalue weighted by atomic mass is 10.1. The number of ketones is 1. The van der Waals surface area contributed by atoms with Crippen LogP contribution in [0.5, 0.6) is 0 Å². The predicted octanol–water partition coefficient (Wildman–Crippen LogP) is 2.72. The Morgan fingerprint density at radius 2 is 2.06 bits per heavy atom. The molecular formula is C14H13FN2O.